The molecule has 0 fully saturated rings. The van der Waals surface area contributed by atoms with Crippen LogP contribution in [0.5, 0.6) is 0 Å². The Morgan fingerprint density at radius 2 is 2.00 bits per heavy atom. The minimum atomic E-state index is 0.0707. The highest BCUT2D eigenvalue weighted by Gasteiger charge is 2.20. The van der Waals surface area contributed by atoms with E-state index in [4.69, 9.17) is 11.6 Å². The fourth-order valence-electron chi connectivity index (χ4n) is 2.25. The highest BCUT2D eigenvalue weighted by Crippen LogP contribution is 2.29. The molecule has 2 rings (SSSR count). The molecule has 1 atom stereocenters. The summed E-state index contributed by atoms with van der Waals surface area (Å²) in [6.07, 6.45) is 1.85. The summed E-state index contributed by atoms with van der Waals surface area (Å²) in [6, 6.07) is 7.98. The van der Waals surface area contributed by atoms with Gasteiger partial charge in [0.2, 0.25) is 0 Å². The SMILES string of the molecule is CNC(c1ccc(Cl)cc1)c1c(Br)cnn1CCN(C)C. The average Bonchev–Trinajstić information content (AvgIpc) is 2.81. The van der Waals surface area contributed by atoms with Gasteiger partial charge >= 0.3 is 0 Å². The quantitative estimate of drug-likeness (QED) is 0.846. The van der Waals surface area contributed by atoms with Crippen molar-refractivity contribution in [2.75, 3.05) is 27.7 Å². The fraction of sp³-hybridized carbons (Fsp3) is 0.400. The Morgan fingerprint density at radius 3 is 2.57 bits per heavy atom. The van der Waals surface area contributed by atoms with E-state index in [1.54, 1.807) is 0 Å². The Balaban J connectivity index is 2.33. The summed E-state index contributed by atoms with van der Waals surface area (Å²) >= 11 is 9.59. The maximum Gasteiger partial charge on any atom is 0.0757 e. The lowest BCUT2D eigenvalue weighted by atomic mass is 10.0. The molecule has 0 saturated carbocycles. The van der Waals surface area contributed by atoms with Crippen molar-refractivity contribution in [1.29, 1.82) is 0 Å². The zero-order chi connectivity index (χ0) is 15.4. The maximum absolute atomic E-state index is 5.98. The van der Waals surface area contributed by atoms with Crippen LogP contribution >= 0.6 is 27.5 Å². The van der Waals surface area contributed by atoms with Crippen LogP contribution in [0, 0.1) is 0 Å². The molecule has 0 amide bonds. The Labute approximate surface area is 139 Å². The van der Waals surface area contributed by atoms with E-state index < -0.39 is 0 Å². The van der Waals surface area contributed by atoms with Gasteiger partial charge in [-0.2, -0.15) is 5.10 Å². The van der Waals surface area contributed by atoms with Gasteiger partial charge in [0.15, 0.2) is 0 Å². The van der Waals surface area contributed by atoms with Crippen LogP contribution in [-0.2, 0) is 6.54 Å². The first-order chi connectivity index (χ1) is 10.0. The van der Waals surface area contributed by atoms with E-state index in [1.165, 1.54) is 0 Å². The summed E-state index contributed by atoms with van der Waals surface area (Å²) in [5, 5.41) is 8.58. The van der Waals surface area contributed by atoms with Crippen molar-refractivity contribution in [3.05, 3.63) is 51.2 Å². The van der Waals surface area contributed by atoms with Crippen LogP contribution in [0.2, 0.25) is 5.02 Å². The second kappa shape index (κ2) is 7.40. The third-order valence-electron chi connectivity index (χ3n) is 3.36. The predicted molar refractivity (Wildman–Crippen MR) is 90.8 cm³/mol. The molecule has 0 bridgehead atoms. The average molecular weight is 372 g/mol. The zero-order valence-corrected chi connectivity index (χ0v) is 14.8. The van der Waals surface area contributed by atoms with Gasteiger partial charge in [-0.3, -0.25) is 4.68 Å². The standard InChI is InChI=1S/C15H20BrClN4/c1-18-14(11-4-6-12(17)7-5-11)15-13(16)10-19-21(15)9-8-20(2)3/h4-7,10,14,18H,8-9H2,1-3H3. The minimum absolute atomic E-state index is 0.0707. The molecule has 1 aromatic heterocycles. The van der Waals surface area contributed by atoms with Crippen molar-refractivity contribution in [3.8, 4) is 0 Å². The number of nitrogens with zero attached hydrogens (tertiary/aromatic N) is 3. The van der Waals surface area contributed by atoms with Crippen LogP contribution in [0.4, 0.5) is 0 Å². The Bertz CT molecular complexity index is 580. The van der Waals surface area contributed by atoms with Crippen LogP contribution < -0.4 is 5.32 Å². The maximum atomic E-state index is 5.98. The lowest BCUT2D eigenvalue weighted by Gasteiger charge is -2.20. The van der Waals surface area contributed by atoms with Gasteiger partial charge in [-0.1, -0.05) is 23.7 Å². The van der Waals surface area contributed by atoms with E-state index in [2.05, 4.69) is 45.3 Å². The minimum Gasteiger partial charge on any atom is -0.308 e. The molecule has 1 unspecified atom stereocenters. The summed E-state index contributed by atoms with van der Waals surface area (Å²) in [5.74, 6) is 0. The zero-order valence-electron chi connectivity index (χ0n) is 12.5. The molecule has 6 heteroatoms. The first-order valence-corrected chi connectivity index (χ1v) is 7.98. The molecular weight excluding hydrogens is 352 g/mol. The lowest BCUT2D eigenvalue weighted by Crippen LogP contribution is -2.25. The molecule has 0 radical (unpaired) electrons. The number of halogens is 2. The van der Waals surface area contributed by atoms with Crippen molar-refractivity contribution in [1.82, 2.24) is 20.0 Å². The van der Waals surface area contributed by atoms with Crippen molar-refractivity contribution in [3.63, 3.8) is 0 Å². The summed E-state index contributed by atoms with van der Waals surface area (Å²) in [6.45, 7) is 1.79. The molecule has 0 aliphatic heterocycles. The topological polar surface area (TPSA) is 33.1 Å². The number of benzene rings is 1. The lowest BCUT2D eigenvalue weighted by molar-refractivity contribution is 0.366. The molecule has 0 saturated heterocycles. The van der Waals surface area contributed by atoms with Gasteiger partial charge in [0.25, 0.3) is 0 Å². The van der Waals surface area contributed by atoms with E-state index >= 15 is 0 Å². The Kier molecular flexibility index (Phi) is 5.81. The highest BCUT2D eigenvalue weighted by molar-refractivity contribution is 9.10. The van der Waals surface area contributed by atoms with E-state index in [-0.39, 0.29) is 6.04 Å². The molecule has 0 aliphatic carbocycles. The third-order valence-corrected chi connectivity index (χ3v) is 4.22. The Hall–Kier alpha value is -0.880. The summed E-state index contributed by atoms with van der Waals surface area (Å²) in [5.41, 5.74) is 2.29. The van der Waals surface area contributed by atoms with Crippen molar-refractivity contribution in [2.24, 2.45) is 0 Å². The van der Waals surface area contributed by atoms with Gasteiger partial charge in [0.1, 0.15) is 0 Å². The number of rotatable bonds is 6. The Morgan fingerprint density at radius 1 is 1.33 bits per heavy atom. The summed E-state index contributed by atoms with van der Waals surface area (Å²) in [4.78, 5) is 2.15. The van der Waals surface area contributed by atoms with Crippen molar-refractivity contribution >= 4 is 27.5 Å². The molecule has 1 N–H and O–H groups in total. The molecule has 114 valence electrons. The van der Waals surface area contributed by atoms with E-state index in [0.29, 0.717) is 0 Å². The molecule has 0 aliphatic rings. The molecule has 0 spiro atoms. The monoisotopic (exact) mass is 370 g/mol. The predicted octanol–water partition coefficient (Wildman–Crippen LogP) is 3.17. The van der Waals surface area contributed by atoms with Crippen molar-refractivity contribution in [2.45, 2.75) is 12.6 Å². The van der Waals surface area contributed by atoms with Gasteiger partial charge in [0.05, 0.1) is 29.0 Å². The van der Waals surface area contributed by atoms with Crippen LogP contribution in [0.25, 0.3) is 0 Å². The fourth-order valence-corrected chi connectivity index (χ4v) is 2.90. The first kappa shape index (κ1) is 16.5. The largest absolute Gasteiger partial charge is 0.308 e. The number of nitrogens with one attached hydrogen (secondary N) is 1. The van der Waals surface area contributed by atoms with Crippen LogP contribution in [0.3, 0.4) is 0 Å². The summed E-state index contributed by atoms with van der Waals surface area (Å²) in [7, 11) is 6.08. The van der Waals surface area contributed by atoms with Crippen LogP contribution in [-0.4, -0.2) is 42.4 Å². The summed E-state index contributed by atoms with van der Waals surface area (Å²) < 4.78 is 3.05. The van der Waals surface area contributed by atoms with Gasteiger partial charge in [-0.05, 0) is 54.8 Å². The molecule has 1 aromatic carbocycles. The first-order valence-electron chi connectivity index (χ1n) is 6.81. The second-order valence-electron chi connectivity index (χ2n) is 5.18. The third kappa shape index (κ3) is 4.07. The normalized spacial score (nSPS) is 12.9. The highest BCUT2D eigenvalue weighted by atomic mass is 79.9. The molecule has 1 heterocycles. The molecule has 4 nitrogen and oxygen atoms in total. The second-order valence-corrected chi connectivity index (χ2v) is 6.47. The van der Waals surface area contributed by atoms with Gasteiger partial charge in [-0.15, -0.1) is 0 Å². The van der Waals surface area contributed by atoms with Crippen LogP contribution in [0.15, 0.2) is 34.9 Å². The number of hydrogen-bond acceptors (Lipinski definition) is 3. The van der Waals surface area contributed by atoms with Crippen molar-refractivity contribution < 1.29 is 0 Å². The van der Waals surface area contributed by atoms with Gasteiger partial charge < -0.3 is 10.2 Å². The van der Waals surface area contributed by atoms with E-state index in [9.17, 15) is 0 Å². The molecule has 21 heavy (non-hydrogen) atoms. The number of aromatic nitrogens is 2. The smallest absolute Gasteiger partial charge is 0.0757 e. The number of likely N-dealkylation sites (N-methyl/N-ethyl adjacent to an activating group) is 1. The van der Waals surface area contributed by atoms with E-state index in [0.717, 1.165) is 33.8 Å². The van der Waals surface area contributed by atoms with Crippen LogP contribution in [0.1, 0.15) is 17.3 Å². The van der Waals surface area contributed by atoms with Gasteiger partial charge in [0, 0.05) is 11.6 Å². The molecule has 2 aromatic rings. The van der Waals surface area contributed by atoms with Gasteiger partial charge in [-0.25, -0.2) is 0 Å². The van der Waals surface area contributed by atoms with E-state index in [1.807, 2.05) is 42.2 Å². The number of hydrogen-bond donors (Lipinski definition) is 1. The molecular formula is C15H20BrClN4.